The highest BCUT2D eigenvalue weighted by Gasteiger charge is 2.40. The molecule has 3 N–H and O–H groups in total. The molecule has 3 rings (SSSR count). The van der Waals surface area contributed by atoms with Crippen molar-refractivity contribution in [1.82, 2.24) is 20.7 Å². The van der Waals surface area contributed by atoms with Crippen molar-refractivity contribution >= 4 is 23.6 Å². The van der Waals surface area contributed by atoms with Gasteiger partial charge in [0.05, 0.1) is 37.5 Å². The zero-order chi connectivity index (χ0) is 26.3. The van der Waals surface area contributed by atoms with E-state index in [1.54, 1.807) is 43.1 Å². The molecule has 0 aromatic heterocycles. The van der Waals surface area contributed by atoms with Crippen LogP contribution in [0.2, 0.25) is 0 Å². The summed E-state index contributed by atoms with van der Waals surface area (Å²) < 4.78 is 9.83. The first kappa shape index (κ1) is 27.6. The molecule has 1 fully saturated rings. The molecular weight excluding hydrogens is 452 g/mol. The monoisotopic (exact) mass is 486 g/mol. The fourth-order valence-corrected chi connectivity index (χ4v) is 3.58. The summed E-state index contributed by atoms with van der Waals surface area (Å²) >= 11 is 0. The minimum absolute atomic E-state index is 0.0238. The Morgan fingerprint density at radius 2 is 1.97 bits per heavy atom. The Bertz CT molecular complexity index is 1030. The van der Waals surface area contributed by atoms with Crippen molar-refractivity contribution in [3.05, 3.63) is 41.1 Å². The summed E-state index contributed by atoms with van der Waals surface area (Å²) in [4.78, 5) is 38.7. The number of benzene rings is 1. The van der Waals surface area contributed by atoms with Crippen molar-refractivity contribution in [2.24, 2.45) is 0 Å². The van der Waals surface area contributed by atoms with Gasteiger partial charge in [0.15, 0.2) is 0 Å². The van der Waals surface area contributed by atoms with Crippen LogP contribution in [0.4, 0.5) is 10.5 Å². The standard InChI is InChI=1S/C22H28N6O5.C2H6/c1-13-11-27(12-24-21(31)32-4)19(29)18-9-17(26-28(13)18)15-7-6-14(10-23)8-16(15)25-20(30)22(2,3)33-5;1-2/h6-9,13,17,26H,11-12H2,1-5H3,(H,24,31)(H,25,30);1-2H3. The lowest BCUT2D eigenvalue weighted by Gasteiger charge is -2.39. The average molecular weight is 487 g/mol. The molecule has 11 heteroatoms. The van der Waals surface area contributed by atoms with Crippen molar-refractivity contribution in [3.63, 3.8) is 0 Å². The van der Waals surface area contributed by atoms with E-state index in [0.717, 1.165) is 0 Å². The third-order valence-corrected chi connectivity index (χ3v) is 5.72. The van der Waals surface area contributed by atoms with Crippen LogP contribution in [-0.4, -0.2) is 66.9 Å². The Balaban J connectivity index is 0.00000210. The fourth-order valence-electron chi connectivity index (χ4n) is 3.58. The van der Waals surface area contributed by atoms with Gasteiger partial charge in [-0.25, -0.2) is 10.2 Å². The van der Waals surface area contributed by atoms with Crippen LogP contribution in [0.3, 0.4) is 0 Å². The molecule has 0 aliphatic carbocycles. The zero-order valence-corrected chi connectivity index (χ0v) is 21.3. The molecule has 3 amide bonds. The summed E-state index contributed by atoms with van der Waals surface area (Å²) in [5.41, 5.74) is 4.19. The molecule has 0 saturated carbocycles. The number of alkyl carbamates (subject to hydrolysis) is 1. The molecule has 1 aromatic carbocycles. The number of amides is 3. The summed E-state index contributed by atoms with van der Waals surface area (Å²) in [5.74, 6) is -0.617. The maximum absolute atomic E-state index is 13.0. The highest BCUT2D eigenvalue weighted by molar-refractivity contribution is 5.98. The number of nitrogens with one attached hydrogen (secondary N) is 3. The second-order valence-electron chi connectivity index (χ2n) is 8.31. The van der Waals surface area contributed by atoms with E-state index in [9.17, 15) is 19.6 Å². The maximum Gasteiger partial charge on any atom is 0.408 e. The van der Waals surface area contributed by atoms with E-state index in [-0.39, 0.29) is 24.5 Å². The first-order chi connectivity index (χ1) is 16.6. The summed E-state index contributed by atoms with van der Waals surface area (Å²) in [6.07, 6.45) is 1.15. The number of nitriles is 1. The molecule has 2 unspecified atom stereocenters. The van der Waals surface area contributed by atoms with Crippen LogP contribution in [0.5, 0.6) is 0 Å². The second kappa shape index (κ2) is 11.7. The Labute approximate surface area is 206 Å². The molecule has 2 atom stereocenters. The van der Waals surface area contributed by atoms with Crippen LogP contribution >= 0.6 is 0 Å². The van der Waals surface area contributed by atoms with Crippen molar-refractivity contribution in [3.8, 4) is 6.07 Å². The smallest absolute Gasteiger partial charge is 0.408 e. The van der Waals surface area contributed by atoms with E-state index in [0.29, 0.717) is 29.1 Å². The number of piperazine rings is 1. The van der Waals surface area contributed by atoms with Crippen LogP contribution in [0.15, 0.2) is 30.0 Å². The Morgan fingerprint density at radius 3 is 2.57 bits per heavy atom. The Kier molecular flexibility index (Phi) is 9.22. The third kappa shape index (κ3) is 6.09. The lowest BCUT2D eigenvalue weighted by molar-refractivity contribution is -0.134. The quantitative estimate of drug-likeness (QED) is 0.557. The minimum Gasteiger partial charge on any atom is -0.453 e. The molecule has 1 saturated heterocycles. The predicted molar refractivity (Wildman–Crippen MR) is 130 cm³/mol. The van der Waals surface area contributed by atoms with Crippen LogP contribution < -0.4 is 16.1 Å². The second-order valence-corrected chi connectivity index (χ2v) is 8.31. The number of rotatable bonds is 6. The van der Waals surface area contributed by atoms with Gasteiger partial charge in [0.1, 0.15) is 11.3 Å². The highest BCUT2D eigenvalue weighted by Crippen LogP contribution is 2.34. The van der Waals surface area contributed by atoms with Crippen LogP contribution in [-0.2, 0) is 19.1 Å². The van der Waals surface area contributed by atoms with E-state index >= 15 is 0 Å². The number of carbonyl (C=O) groups excluding carboxylic acids is 3. The van der Waals surface area contributed by atoms with E-state index in [1.165, 1.54) is 19.1 Å². The molecule has 11 nitrogen and oxygen atoms in total. The van der Waals surface area contributed by atoms with Gasteiger partial charge in [-0.15, -0.1) is 0 Å². The largest absolute Gasteiger partial charge is 0.453 e. The fraction of sp³-hybridized carbons (Fsp3) is 0.500. The van der Waals surface area contributed by atoms with Gasteiger partial charge in [-0.2, -0.15) is 5.26 Å². The molecule has 0 spiro atoms. The molecule has 0 bridgehead atoms. The lowest BCUT2D eigenvalue weighted by Crippen LogP contribution is -2.57. The molecule has 35 heavy (non-hydrogen) atoms. The molecular formula is C24H34N6O5. The predicted octanol–water partition coefficient (Wildman–Crippen LogP) is 2.24. The van der Waals surface area contributed by atoms with E-state index < -0.39 is 17.7 Å². The number of carbonyl (C=O) groups is 3. The minimum atomic E-state index is -1.07. The van der Waals surface area contributed by atoms with Gasteiger partial charge in [0.25, 0.3) is 11.8 Å². The van der Waals surface area contributed by atoms with Crippen molar-refractivity contribution in [2.45, 2.75) is 52.3 Å². The van der Waals surface area contributed by atoms with Gasteiger partial charge in [-0.1, -0.05) is 19.9 Å². The van der Waals surface area contributed by atoms with Crippen LogP contribution in [0, 0.1) is 11.3 Å². The summed E-state index contributed by atoms with van der Waals surface area (Å²) in [7, 11) is 2.70. The van der Waals surface area contributed by atoms with Gasteiger partial charge >= 0.3 is 6.09 Å². The molecule has 1 aromatic rings. The highest BCUT2D eigenvalue weighted by atomic mass is 16.5. The number of nitrogens with zero attached hydrogens (tertiary/aromatic N) is 3. The first-order valence-corrected chi connectivity index (χ1v) is 11.4. The number of hydrazine groups is 1. The topological polar surface area (TPSA) is 136 Å². The van der Waals surface area contributed by atoms with Crippen molar-refractivity contribution in [2.75, 3.05) is 32.7 Å². The average Bonchev–Trinajstić information content (AvgIpc) is 3.32. The number of methoxy groups -OCH3 is 2. The zero-order valence-electron chi connectivity index (χ0n) is 21.3. The van der Waals surface area contributed by atoms with Gasteiger partial charge in [-0.3, -0.25) is 14.6 Å². The molecule has 2 aliphatic rings. The first-order valence-electron chi connectivity index (χ1n) is 11.4. The van der Waals surface area contributed by atoms with E-state index in [1.807, 2.05) is 20.8 Å². The molecule has 2 heterocycles. The normalized spacial score (nSPS) is 19.0. The van der Waals surface area contributed by atoms with E-state index in [2.05, 4.69) is 26.9 Å². The third-order valence-electron chi connectivity index (χ3n) is 5.72. The maximum atomic E-state index is 13.0. The Hall–Kier alpha value is -3.62. The van der Waals surface area contributed by atoms with Gasteiger partial charge < -0.3 is 25.0 Å². The number of ether oxygens (including phenoxy) is 2. The number of fused-ring (bicyclic) bond motifs is 1. The molecule has 190 valence electrons. The Morgan fingerprint density at radius 1 is 1.29 bits per heavy atom. The molecule has 2 aliphatic heterocycles. The molecule has 0 radical (unpaired) electrons. The number of anilines is 1. The summed E-state index contributed by atoms with van der Waals surface area (Å²) in [6, 6.07) is 6.56. The van der Waals surface area contributed by atoms with Crippen LogP contribution in [0.25, 0.3) is 0 Å². The number of hydrogen-bond acceptors (Lipinski definition) is 8. The lowest BCUT2D eigenvalue weighted by atomic mass is 10.0. The van der Waals surface area contributed by atoms with Crippen LogP contribution in [0.1, 0.15) is 51.8 Å². The van der Waals surface area contributed by atoms with Gasteiger partial charge in [0, 0.05) is 19.3 Å². The SMILES string of the molecule is CC.COC(=O)NCN1CC(C)N2NC(c3ccc(C#N)cc3NC(=O)C(C)(C)OC)C=C2C1=O. The van der Waals surface area contributed by atoms with Gasteiger partial charge in [0.2, 0.25) is 0 Å². The van der Waals surface area contributed by atoms with Crippen molar-refractivity contribution < 1.29 is 23.9 Å². The number of hydrogen-bond donors (Lipinski definition) is 3. The van der Waals surface area contributed by atoms with Crippen molar-refractivity contribution in [1.29, 1.82) is 5.26 Å². The summed E-state index contributed by atoms with van der Waals surface area (Å²) in [6.45, 7) is 9.64. The summed E-state index contributed by atoms with van der Waals surface area (Å²) in [5, 5.41) is 16.5. The van der Waals surface area contributed by atoms with Gasteiger partial charge in [-0.05, 0) is 44.5 Å². The van der Waals surface area contributed by atoms with E-state index in [4.69, 9.17) is 4.74 Å².